The fourth-order valence-electron chi connectivity index (χ4n) is 1.99. The summed E-state index contributed by atoms with van der Waals surface area (Å²) < 4.78 is 6.74. The molecule has 0 radical (unpaired) electrons. The topological polar surface area (TPSA) is 67.8 Å². The highest BCUT2D eigenvalue weighted by Gasteiger charge is 2.12. The van der Waals surface area contributed by atoms with Gasteiger partial charge in [0.2, 0.25) is 0 Å². The monoisotopic (exact) mass is 342 g/mol. The van der Waals surface area contributed by atoms with Crippen molar-refractivity contribution in [1.29, 1.82) is 0 Å². The van der Waals surface area contributed by atoms with Gasteiger partial charge in [0.25, 0.3) is 0 Å². The summed E-state index contributed by atoms with van der Waals surface area (Å²) in [5, 5.41) is 11.9. The van der Waals surface area contributed by atoms with Gasteiger partial charge < -0.3 is 15.7 Å². The van der Waals surface area contributed by atoms with Crippen LogP contribution in [0.25, 0.3) is 0 Å². The highest BCUT2D eigenvalue weighted by Crippen LogP contribution is 2.24. The minimum Gasteiger partial charge on any atom is -0.493 e. The lowest BCUT2D eigenvalue weighted by atomic mass is 10.0. The van der Waals surface area contributed by atoms with E-state index in [1.807, 2.05) is 12.1 Å². The maximum absolute atomic E-state index is 8.84. The van der Waals surface area contributed by atoms with Gasteiger partial charge in [-0.25, -0.2) is 0 Å². The van der Waals surface area contributed by atoms with E-state index < -0.39 is 0 Å². The van der Waals surface area contributed by atoms with E-state index in [4.69, 9.17) is 15.7 Å². The van der Waals surface area contributed by atoms with Crippen molar-refractivity contribution in [1.82, 2.24) is 0 Å². The SMILES string of the molecule is CCCCC(CC)COc1ccc(Br)cc1/C(N)=N/O. The summed E-state index contributed by atoms with van der Waals surface area (Å²) in [4.78, 5) is 0. The Kier molecular flexibility index (Phi) is 7.44. The number of unbranched alkanes of at least 4 members (excludes halogenated alkanes) is 1. The number of hydrogen-bond donors (Lipinski definition) is 2. The van der Waals surface area contributed by atoms with Gasteiger partial charge in [-0.1, -0.05) is 54.2 Å². The predicted octanol–water partition coefficient (Wildman–Crippen LogP) is 4.14. The molecular weight excluding hydrogens is 320 g/mol. The summed E-state index contributed by atoms with van der Waals surface area (Å²) in [6.45, 7) is 5.03. The van der Waals surface area contributed by atoms with E-state index in [1.54, 1.807) is 6.07 Å². The first kappa shape index (κ1) is 16.8. The van der Waals surface area contributed by atoms with Crippen molar-refractivity contribution in [2.45, 2.75) is 39.5 Å². The fourth-order valence-corrected chi connectivity index (χ4v) is 2.35. The largest absolute Gasteiger partial charge is 0.493 e. The van der Waals surface area contributed by atoms with Crippen LogP contribution in [0.4, 0.5) is 0 Å². The second-order valence-electron chi connectivity index (χ2n) is 4.85. The molecule has 3 N–H and O–H groups in total. The van der Waals surface area contributed by atoms with E-state index >= 15 is 0 Å². The summed E-state index contributed by atoms with van der Waals surface area (Å²) >= 11 is 3.37. The van der Waals surface area contributed by atoms with Crippen LogP contribution in [0.2, 0.25) is 0 Å². The predicted molar refractivity (Wildman–Crippen MR) is 85.5 cm³/mol. The van der Waals surface area contributed by atoms with Gasteiger partial charge in [0.15, 0.2) is 5.84 Å². The molecule has 0 spiro atoms. The highest BCUT2D eigenvalue weighted by molar-refractivity contribution is 9.10. The molecule has 0 saturated heterocycles. The van der Waals surface area contributed by atoms with Gasteiger partial charge in [-0.05, 0) is 30.5 Å². The van der Waals surface area contributed by atoms with Crippen molar-refractivity contribution in [3.8, 4) is 5.75 Å². The molecule has 0 aliphatic carbocycles. The van der Waals surface area contributed by atoms with Gasteiger partial charge in [-0.15, -0.1) is 0 Å². The minimum atomic E-state index is 0.0582. The number of rotatable bonds is 8. The second-order valence-corrected chi connectivity index (χ2v) is 5.77. The maximum Gasteiger partial charge on any atom is 0.173 e. The number of nitrogens with two attached hydrogens (primary N) is 1. The molecule has 1 aromatic carbocycles. The molecule has 0 bridgehead atoms. The van der Waals surface area contributed by atoms with Crippen molar-refractivity contribution < 1.29 is 9.94 Å². The molecule has 0 aliphatic rings. The lowest BCUT2D eigenvalue weighted by molar-refractivity contribution is 0.232. The number of halogens is 1. The molecule has 0 amide bonds. The smallest absolute Gasteiger partial charge is 0.173 e. The molecule has 1 unspecified atom stereocenters. The summed E-state index contributed by atoms with van der Waals surface area (Å²) in [6.07, 6.45) is 4.68. The summed E-state index contributed by atoms with van der Waals surface area (Å²) in [6, 6.07) is 5.51. The molecule has 4 nitrogen and oxygen atoms in total. The van der Waals surface area contributed by atoms with Gasteiger partial charge in [-0.2, -0.15) is 0 Å². The van der Waals surface area contributed by atoms with Crippen molar-refractivity contribution >= 4 is 21.8 Å². The summed E-state index contributed by atoms with van der Waals surface area (Å²) in [5.41, 5.74) is 6.29. The van der Waals surface area contributed by atoms with Crippen LogP contribution in [0.1, 0.15) is 45.1 Å². The zero-order chi connectivity index (χ0) is 15.0. The van der Waals surface area contributed by atoms with Crippen molar-refractivity contribution in [3.05, 3.63) is 28.2 Å². The average Bonchev–Trinajstić information content (AvgIpc) is 2.47. The quantitative estimate of drug-likeness (QED) is 0.323. The molecule has 0 heterocycles. The maximum atomic E-state index is 8.84. The summed E-state index contributed by atoms with van der Waals surface area (Å²) in [5.74, 6) is 1.25. The normalized spacial score (nSPS) is 13.2. The molecule has 0 saturated carbocycles. The van der Waals surface area contributed by atoms with Crippen LogP contribution in [-0.4, -0.2) is 17.6 Å². The molecule has 5 heteroatoms. The number of ether oxygens (including phenoxy) is 1. The molecule has 0 aliphatic heterocycles. The standard InChI is InChI=1S/C15H23BrN2O2/c1-3-5-6-11(4-2)10-20-14-8-7-12(16)9-13(14)15(17)18-19/h7-9,11,19H,3-6,10H2,1-2H3,(H2,17,18). The highest BCUT2D eigenvalue weighted by atomic mass is 79.9. The number of amidine groups is 1. The van der Waals surface area contributed by atoms with E-state index in [0.29, 0.717) is 23.8 Å². The van der Waals surface area contributed by atoms with Gasteiger partial charge in [0.05, 0.1) is 12.2 Å². The molecule has 1 atom stereocenters. The van der Waals surface area contributed by atoms with E-state index in [2.05, 4.69) is 34.9 Å². The van der Waals surface area contributed by atoms with E-state index in [1.165, 1.54) is 19.3 Å². The Morgan fingerprint density at radius 1 is 1.45 bits per heavy atom. The first-order chi connectivity index (χ1) is 9.62. The Labute approximate surface area is 129 Å². The molecule has 112 valence electrons. The Balaban J connectivity index is 2.76. The van der Waals surface area contributed by atoms with E-state index in [-0.39, 0.29) is 5.84 Å². The Hall–Kier alpha value is -1.23. The minimum absolute atomic E-state index is 0.0582. The molecule has 0 fully saturated rings. The third kappa shape index (κ3) is 5.04. The molecule has 1 rings (SSSR count). The molecule has 20 heavy (non-hydrogen) atoms. The number of hydrogen-bond acceptors (Lipinski definition) is 3. The lowest BCUT2D eigenvalue weighted by Gasteiger charge is -2.17. The first-order valence-electron chi connectivity index (χ1n) is 7.02. The van der Waals surface area contributed by atoms with Crippen LogP contribution in [0.15, 0.2) is 27.8 Å². The Bertz CT molecular complexity index is 449. The van der Waals surface area contributed by atoms with Crippen molar-refractivity contribution in [2.24, 2.45) is 16.8 Å². The number of benzene rings is 1. The van der Waals surface area contributed by atoms with Gasteiger partial charge in [-0.3, -0.25) is 0 Å². The zero-order valence-corrected chi connectivity index (χ0v) is 13.7. The molecule has 0 aromatic heterocycles. The molecular formula is C15H23BrN2O2. The van der Waals surface area contributed by atoms with E-state index in [9.17, 15) is 0 Å². The Morgan fingerprint density at radius 3 is 2.80 bits per heavy atom. The zero-order valence-electron chi connectivity index (χ0n) is 12.1. The average molecular weight is 343 g/mol. The second kappa shape index (κ2) is 8.84. The third-order valence-electron chi connectivity index (χ3n) is 3.34. The van der Waals surface area contributed by atoms with Gasteiger partial charge in [0, 0.05) is 4.47 Å². The van der Waals surface area contributed by atoms with Crippen molar-refractivity contribution in [3.63, 3.8) is 0 Å². The van der Waals surface area contributed by atoms with Crippen LogP contribution in [0, 0.1) is 5.92 Å². The number of nitrogens with zero attached hydrogens (tertiary/aromatic N) is 1. The van der Waals surface area contributed by atoms with Crippen LogP contribution in [0.3, 0.4) is 0 Å². The lowest BCUT2D eigenvalue weighted by Crippen LogP contribution is -2.17. The van der Waals surface area contributed by atoms with Crippen LogP contribution in [0.5, 0.6) is 5.75 Å². The van der Waals surface area contributed by atoms with Gasteiger partial charge >= 0.3 is 0 Å². The first-order valence-corrected chi connectivity index (χ1v) is 7.81. The summed E-state index contributed by atoms with van der Waals surface area (Å²) in [7, 11) is 0. The van der Waals surface area contributed by atoms with E-state index in [0.717, 1.165) is 10.9 Å². The number of oxime groups is 1. The molecule has 1 aromatic rings. The van der Waals surface area contributed by atoms with Crippen LogP contribution in [-0.2, 0) is 0 Å². The van der Waals surface area contributed by atoms with Gasteiger partial charge in [0.1, 0.15) is 5.75 Å². The van der Waals surface area contributed by atoms with Crippen LogP contribution >= 0.6 is 15.9 Å². The Morgan fingerprint density at radius 2 is 2.20 bits per heavy atom. The third-order valence-corrected chi connectivity index (χ3v) is 3.84. The fraction of sp³-hybridized carbons (Fsp3) is 0.533. The van der Waals surface area contributed by atoms with Crippen LogP contribution < -0.4 is 10.5 Å². The van der Waals surface area contributed by atoms with Crippen molar-refractivity contribution in [2.75, 3.05) is 6.61 Å².